The van der Waals surface area contributed by atoms with Crippen LogP contribution in [0.25, 0.3) is 22.2 Å². The summed E-state index contributed by atoms with van der Waals surface area (Å²) in [5.41, 5.74) is 2.69. The van der Waals surface area contributed by atoms with Gasteiger partial charge in [0.2, 0.25) is 0 Å². The van der Waals surface area contributed by atoms with Crippen LogP contribution >= 0.6 is 0 Å². The number of halogens is 1. The molecule has 88 valence electrons. The zero-order chi connectivity index (χ0) is 13.4. The van der Waals surface area contributed by atoms with Gasteiger partial charge in [-0.3, -0.25) is 0 Å². The summed E-state index contributed by atoms with van der Waals surface area (Å²) in [6.45, 7) is 1.98. The first kappa shape index (κ1) is 9.77. The third kappa shape index (κ3) is 1.86. The Balaban J connectivity index is 2.29. The van der Waals surface area contributed by atoms with Crippen molar-refractivity contribution in [3.05, 3.63) is 66.0 Å². The standard InChI is InChI=1S/C16H12FN/c1-11-6-8-12(9-7-11)16-14(17)10-13-4-2-3-5-15(13)18-16/h2-10H,1H3/i10D. The summed E-state index contributed by atoms with van der Waals surface area (Å²) >= 11 is 0. The van der Waals surface area contributed by atoms with Crippen LogP contribution in [0.4, 0.5) is 4.39 Å². The molecule has 0 aliphatic heterocycles. The molecule has 0 aliphatic rings. The lowest BCUT2D eigenvalue weighted by Gasteiger charge is -2.05. The van der Waals surface area contributed by atoms with Crippen LogP contribution in [-0.2, 0) is 0 Å². The number of para-hydroxylation sites is 1. The van der Waals surface area contributed by atoms with Gasteiger partial charge in [0.05, 0.1) is 6.89 Å². The van der Waals surface area contributed by atoms with Gasteiger partial charge in [-0.2, -0.15) is 0 Å². The molecule has 2 heteroatoms. The topological polar surface area (TPSA) is 12.9 Å². The van der Waals surface area contributed by atoms with Crippen molar-refractivity contribution < 1.29 is 5.76 Å². The Labute approximate surface area is 106 Å². The lowest BCUT2D eigenvalue weighted by molar-refractivity contribution is 0.628. The molecule has 3 aromatic rings. The van der Waals surface area contributed by atoms with E-state index in [0.29, 0.717) is 16.5 Å². The quantitative estimate of drug-likeness (QED) is 0.614. The maximum Gasteiger partial charge on any atom is 0.150 e. The van der Waals surface area contributed by atoms with E-state index in [1.54, 1.807) is 18.2 Å². The van der Waals surface area contributed by atoms with Gasteiger partial charge in [0.15, 0.2) is 0 Å². The second kappa shape index (κ2) is 4.22. The van der Waals surface area contributed by atoms with Crippen molar-refractivity contribution in [1.29, 1.82) is 0 Å². The number of hydrogen-bond donors (Lipinski definition) is 0. The van der Waals surface area contributed by atoms with Crippen molar-refractivity contribution in [3.63, 3.8) is 0 Å². The number of aromatic nitrogens is 1. The minimum atomic E-state index is -0.567. The Morgan fingerprint density at radius 2 is 1.78 bits per heavy atom. The summed E-state index contributed by atoms with van der Waals surface area (Å²) in [6, 6.07) is 14.5. The van der Waals surface area contributed by atoms with Gasteiger partial charge in [0.1, 0.15) is 11.5 Å². The summed E-state index contributed by atoms with van der Waals surface area (Å²) in [4.78, 5) is 4.34. The molecular formula is C16H12FN. The van der Waals surface area contributed by atoms with Gasteiger partial charge in [-0.1, -0.05) is 48.0 Å². The molecule has 0 radical (unpaired) electrons. The summed E-state index contributed by atoms with van der Waals surface area (Å²) in [6.07, 6.45) is 0. The largest absolute Gasteiger partial charge is 0.245 e. The fourth-order valence-electron chi connectivity index (χ4n) is 1.93. The third-order valence-electron chi connectivity index (χ3n) is 2.91. The van der Waals surface area contributed by atoms with E-state index in [9.17, 15) is 4.39 Å². The lowest BCUT2D eigenvalue weighted by atomic mass is 10.1. The molecule has 0 N–H and O–H groups in total. The van der Waals surface area contributed by atoms with Crippen LogP contribution in [0.2, 0.25) is 0 Å². The van der Waals surface area contributed by atoms with Gasteiger partial charge in [0, 0.05) is 10.9 Å². The smallest absolute Gasteiger partial charge is 0.150 e. The van der Waals surface area contributed by atoms with Crippen LogP contribution < -0.4 is 0 Å². The average molecular weight is 238 g/mol. The summed E-state index contributed by atoms with van der Waals surface area (Å²) in [5.74, 6) is -0.567. The number of pyridine rings is 1. The molecule has 0 saturated heterocycles. The summed E-state index contributed by atoms with van der Waals surface area (Å²) in [7, 11) is 0. The molecule has 0 saturated carbocycles. The van der Waals surface area contributed by atoms with Gasteiger partial charge in [-0.15, -0.1) is 0 Å². The fourth-order valence-corrected chi connectivity index (χ4v) is 1.93. The molecule has 3 rings (SSSR count). The molecule has 1 aromatic heterocycles. The second-order valence-electron chi connectivity index (χ2n) is 4.28. The van der Waals surface area contributed by atoms with E-state index in [0.717, 1.165) is 5.56 Å². The molecule has 0 spiro atoms. The summed E-state index contributed by atoms with van der Waals surface area (Å²) < 4.78 is 22.2. The van der Waals surface area contributed by atoms with Crippen molar-refractivity contribution in [2.24, 2.45) is 0 Å². The molecule has 0 amide bonds. The molecule has 0 fully saturated rings. The van der Waals surface area contributed by atoms with Crippen LogP contribution in [0.15, 0.2) is 54.6 Å². The number of nitrogens with zero attached hydrogens (tertiary/aromatic N) is 1. The Bertz CT molecular complexity index is 751. The average Bonchev–Trinajstić information content (AvgIpc) is 2.44. The van der Waals surface area contributed by atoms with Gasteiger partial charge < -0.3 is 0 Å². The van der Waals surface area contributed by atoms with Crippen LogP contribution in [0.1, 0.15) is 6.93 Å². The highest BCUT2D eigenvalue weighted by molar-refractivity contribution is 5.81. The molecule has 0 unspecified atom stereocenters. The Kier molecular flexibility index (Phi) is 2.29. The first-order valence-electron chi connectivity index (χ1n) is 6.28. The number of rotatable bonds is 1. The van der Waals surface area contributed by atoms with E-state index in [1.807, 2.05) is 37.3 Å². The number of benzene rings is 2. The zero-order valence-electron chi connectivity index (χ0n) is 10.9. The molecule has 0 bridgehead atoms. The number of hydrogen-bond acceptors (Lipinski definition) is 1. The highest BCUT2D eigenvalue weighted by Gasteiger charge is 2.08. The zero-order valence-corrected chi connectivity index (χ0v) is 9.94. The Hall–Kier alpha value is -2.22. The van der Waals surface area contributed by atoms with E-state index in [-0.39, 0.29) is 11.7 Å². The van der Waals surface area contributed by atoms with E-state index in [4.69, 9.17) is 1.37 Å². The van der Waals surface area contributed by atoms with E-state index < -0.39 is 5.82 Å². The van der Waals surface area contributed by atoms with Crippen molar-refractivity contribution >= 4 is 10.9 Å². The predicted octanol–water partition coefficient (Wildman–Crippen LogP) is 4.35. The number of aryl methyl sites for hydroxylation is 1. The van der Waals surface area contributed by atoms with Crippen molar-refractivity contribution in [3.8, 4) is 11.3 Å². The highest BCUT2D eigenvalue weighted by atomic mass is 19.1. The van der Waals surface area contributed by atoms with Crippen molar-refractivity contribution in [2.75, 3.05) is 0 Å². The summed E-state index contributed by atoms with van der Waals surface area (Å²) in [5, 5.41) is 0.538. The van der Waals surface area contributed by atoms with Crippen LogP contribution in [0, 0.1) is 12.7 Å². The van der Waals surface area contributed by atoms with Gasteiger partial charge >= 0.3 is 0 Å². The normalized spacial score (nSPS) is 11.6. The van der Waals surface area contributed by atoms with E-state index in [2.05, 4.69) is 4.98 Å². The van der Waals surface area contributed by atoms with Crippen LogP contribution in [-0.4, -0.2) is 4.98 Å². The molecular weight excluding hydrogens is 225 g/mol. The van der Waals surface area contributed by atoms with Crippen molar-refractivity contribution in [2.45, 2.75) is 6.92 Å². The maximum absolute atomic E-state index is 14.3. The lowest BCUT2D eigenvalue weighted by Crippen LogP contribution is -1.90. The Morgan fingerprint density at radius 3 is 2.56 bits per heavy atom. The van der Waals surface area contributed by atoms with Gasteiger partial charge in [-0.05, 0) is 19.0 Å². The van der Waals surface area contributed by atoms with Gasteiger partial charge in [0.25, 0.3) is 0 Å². The highest BCUT2D eigenvalue weighted by Crippen LogP contribution is 2.24. The molecule has 18 heavy (non-hydrogen) atoms. The SMILES string of the molecule is [2H]c1c(F)c(-c2ccc(C)cc2)nc2ccccc12. The second-order valence-corrected chi connectivity index (χ2v) is 4.28. The Morgan fingerprint density at radius 1 is 1.06 bits per heavy atom. The molecule has 0 atom stereocenters. The van der Waals surface area contributed by atoms with E-state index in [1.165, 1.54) is 0 Å². The van der Waals surface area contributed by atoms with E-state index >= 15 is 0 Å². The molecule has 2 aromatic carbocycles. The minimum Gasteiger partial charge on any atom is -0.245 e. The van der Waals surface area contributed by atoms with Crippen LogP contribution in [0.5, 0.6) is 0 Å². The predicted molar refractivity (Wildman–Crippen MR) is 71.9 cm³/mol. The molecule has 0 aliphatic carbocycles. The molecule has 1 heterocycles. The minimum absolute atomic E-state index is 0.0961. The fraction of sp³-hybridized carbons (Fsp3) is 0.0625. The maximum atomic E-state index is 14.3. The first-order valence-corrected chi connectivity index (χ1v) is 5.78. The van der Waals surface area contributed by atoms with Gasteiger partial charge in [-0.25, -0.2) is 9.37 Å². The third-order valence-corrected chi connectivity index (χ3v) is 2.91. The monoisotopic (exact) mass is 238 g/mol. The van der Waals surface area contributed by atoms with Crippen LogP contribution in [0.3, 0.4) is 0 Å². The first-order chi connectivity index (χ1) is 9.16. The van der Waals surface area contributed by atoms with Crippen molar-refractivity contribution in [1.82, 2.24) is 4.98 Å². The molecule has 1 nitrogen and oxygen atoms in total. The number of fused-ring (bicyclic) bond motifs is 1.